The second-order valence-electron chi connectivity index (χ2n) is 2.94. The highest BCUT2D eigenvalue weighted by molar-refractivity contribution is 4.89. The van der Waals surface area contributed by atoms with Gasteiger partial charge >= 0.3 is 0 Å². The summed E-state index contributed by atoms with van der Waals surface area (Å²) in [6.07, 6.45) is 3.56. The number of nitrogens with one attached hydrogen (secondary N) is 1. The van der Waals surface area contributed by atoms with Crippen LogP contribution in [0.2, 0.25) is 0 Å². The van der Waals surface area contributed by atoms with E-state index in [0.29, 0.717) is 19.8 Å². The van der Waals surface area contributed by atoms with Crippen molar-refractivity contribution in [2.45, 2.75) is 19.8 Å². The molecule has 80 valence electrons. The second-order valence-corrected chi connectivity index (χ2v) is 2.94. The van der Waals surface area contributed by atoms with Crippen molar-refractivity contribution in [2.24, 2.45) is 0 Å². The van der Waals surface area contributed by atoms with Crippen molar-refractivity contribution in [3.63, 3.8) is 0 Å². The first kappa shape index (κ1) is 11.1. The average Bonchev–Trinajstić information content (AvgIpc) is 2.69. The number of rotatable bonds is 8. The van der Waals surface area contributed by atoms with Gasteiger partial charge in [0.05, 0.1) is 31.7 Å². The van der Waals surface area contributed by atoms with Gasteiger partial charge in [-0.2, -0.15) is 15.4 Å². The molecule has 1 aromatic rings. The fraction of sp³-hybridized carbons (Fsp3) is 0.778. The summed E-state index contributed by atoms with van der Waals surface area (Å²) in [5.74, 6) is 0. The number of aromatic nitrogens is 3. The molecule has 0 saturated heterocycles. The first-order valence-corrected chi connectivity index (χ1v) is 4.93. The molecule has 0 spiro atoms. The number of nitrogens with zero attached hydrogens (tertiary/aromatic N) is 2. The average molecular weight is 199 g/mol. The van der Waals surface area contributed by atoms with Gasteiger partial charge in [0.15, 0.2) is 0 Å². The highest BCUT2D eigenvalue weighted by atomic mass is 16.5. The number of hydrogen-bond acceptors (Lipinski definition) is 4. The van der Waals surface area contributed by atoms with Crippen LogP contribution in [-0.2, 0) is 15.9 Å². The third-order valence-corrected chi connectivity index (χ3v) is 1.69. The standard InChI is InChI=1S/C9H17N3O2/c1-2-4-13-6-7-14-5-3-9-8-10-12-11-9/h8H,2-7H2,1H3,(H,10,11,12). The lowest BCUT2D eigenvalue weighted by molar-refractivity contribution is 0.0489. The maximum atomic E-state index is 5.35. The van der Waals surface area contributed by atoms with E-state index in [9.17, 15) is 0 Å². The molecule has 0 fully saturated rings. The number of ether oxygens (including phenoxy) is 2. The van der Waals surface area contributed by atoms with Gasteiger partial charge < -0.3 is 9.47 Å². The van der Waals surface area contributed by atoms with E-state index in [1.54, 1.807) is 6.20 Å². The van der Waals surface area contributed by atoms with Crippen LogP contribution in [0.5, 0.6) is 0 Å². The molecule has 5 heteroatoms. The highest BCUT2D eigenvalue weighted by Gasteiger charge is 1.95. The van der Waals surface area contributed by atoms with E-state index in [2.05, 4.69) is 22.3 Å². The summed E-state index contributed by atoms with van der Waals surface area (Å²) in [6.45, 7) is 4.89. The molecular weight excluding hydrogens is 182 g/mol. The predicted octanol–water partition coefficient (Wildman–Crippen LogP) is 0.790. The second kappa shape index (κ2) is 7.46. The molecule has 0 atom stereocenters. The van der Waals surface area contributed by atoms with Gasteiger partial charge in [-0.25, -0.2) is 0 Å². The molecule has 0 unspecified atom stereocenters. The Balaban J connectivity index is 1.85. The van der Waals surface area contributed by atoms with Crippen molar-refractivity contribution in [2.75, 3.05) is 26.4 Å². The first-order valence-electron chi connectivity index (χ1n) is 4.93. The normalized spacial score (nSPS) is 10.6. The third-order valence-electron chi connectivity index (χ3n) is 1.69. The Morgan fingerprint density at radius 2 is 2.00 bits per heavy atom. The summed E-state index contributed by atoms with van der Waals surface area (Å²) in [6, 6.07) is 0. The van der Waals surface area contributed by atoms with Crippen molar-refractivity contribution < 1.29 is 9.47 Å². The Bertz CT molecular complexity index is 214. The third kappa shape index (κ3) is 4.94. The van der Waals surface area contributed by atoms with Crippen molar-refractivity contribution >= 4 is 0 Å². The number of hydrogen-bond donors (Lipinski definition) is 1. The predicted molar refractivity (Wildman–Crippen MR) is 52.0 cm³/mol. The molecule has 0 aromatic carbocycles. The van der Waals surface area contributed by atoms with Crippen LogP contribution in [0.1, 0.15) is 19.0 Å². The number of H-pyrrole nitrogens is 1. The van der Waals surface area contributed by atoms with Gasteiger partial charge in [-0.15, -0.1) is 0 Å². The molecule has 1 rings (SSSR count). The minimum absolute atomic E-state index is 0.651. The van der Waals surface area contributed by atoms with Gasteiger partial charge in [0.1, 0.15) is 0 Å². The van der Waals surface area contributed by atoms with Crippen LogP contribution in [0.3, 0.4) is 0 Å². The molecule has 14 heavy (non-hydrogen) atoms. The fourth-order valence-electron chi connectivity index (χ4n) is 0.989. The van der Waals surface area contributed by atoms with Crippen LogP contribution in [-0.4, -0.2) is 41.8 Å². The zero-order valence-corrected chi connectivity index (χ0v) is 8.53. The smallest absolute Gasteiger partial charge is 0.0847 e. The van der Waals surface area contributed by atoms with Gasteiger partial charge in [0, 0.05) is 13.0 Å². The van der Waals surface area contributed by atoms with Crippen molar-refractivity contribution in [1.82, 2.24) is 15.4 Å². The Labute approximate surface area is 83.8 Å². The molecule has 0 aliphatic carbocycles. The quantitative estimate of drug-likeness (QED) is 0.629. The van der Waals surface area contributed by atoms with Gasteiger partial charge in [-0.05, 0) is 6.42 Å². The van der Waals surface area contributed by atoms with Crippen LogP contribution in [0.25, 0.3) is 0 Å². The minimum Gasteiger partial charge on any atom is -0.379 e. The SMILES string of the molecule is CCCOCCOCCc1cn[nH]n1. The van der Waals surface area contributed by atoms with Gasteiger partial charge in [0.25, 0.3) is 0 Å². The lowest BCUT2D eigenvalue weighted by Gasteiger charge is -2.03. The summed E-state index contributed by atoms with van der Waals surface area (Å²) in [7, 11) is 0. The molecule has 0 aliphatic heterocycles. The maximum absolute atomic E-state index is 5.35. The van der Waals surface area contributed by atoms with Crippen LogP contribution in [0.15, 0.2) is 6.20 Å². The molecule has 0 radical (unpaired) electrons. The van der Waals surface area contributed by atoms with Crippen LogP contribution >= 0.6 is 0 Å². The largest absolute Gasteiger partial charge is 0.379 e. The monoisotopic (exact) mass is 199 g/mol. The van der Waals surface area contributed by atoms with E-state index in [1.165, 1.54) is 0 Å². The van der Waals surface area contributed by atoms with Crippen molar-refractivity contribution in [1.29, 1.82) is 0 Å². The Morgan fingerprint density at radius 3 is 2.64 bits per heavy atom. The summed E-state index contributed by atoms with van der Waals surface area (Å²) >= 11 is 0. The summed E-state index contributed by atoms with van der Waals surface area (Å²) in [5, 5.41) is 10.2. The first-order chi connectivity index (χ1) is 6.93. The molecule has 0 amide bonds. The molecule has 5 nitrogen and oxygen atoms in total. The summed E-state index contributed by atoms with van der Waals surface area (Å²) in [5.41, 5.74) is 0.930. The van der Waals surface area contributed by atoms with E-state index in [-0.39, 0.29) is 0 Å². The van der Waals surface area contributed by atoms with E-state index in [0.717, 1.165) is 25.1 Å². The molecule has 1 N–H and O–H groups in total. The molecule has 0 aliphatic rings. The van der Waals surface area contributed by atoms with Gasteiger partial charge in [-0.1, -0.05) is 6.92 Å². The Morgan fingerprint density at radius 1 is 1.21 bits per heavy atom. The van der Waals surface area contributed by atoms with Crippen molar-refractivity contribution in [3.8, 4) is 0 Å². The van der Waals surface area contributed by atoms with Crippen LogP contribution in [0, 0.1) is 0 Å². The topological polar surface area (TPSA) is 60.0 Å². The lowest BCUT2D eigenvalue weighted by Crippen LogP contribution is -2.07. The van der Waals surface area contributed by atoms with Crippen molar-refractivity contribution in [3.05, 3.63) is 11.9 Å². The molecular formula is C9H17N3O2. The van der Waals surface area contributed by atoms with Gasteiger partial charge in [-0.3, -0.25) is 0 Å². The van der Waals surface area contributed by atoms with Crippen LogP contribution in [0.4, 0.5) is 0 Å². The van der Waals surface area contributed by atoms with Crippen LogP contribution < -0.4 is 0 Å². The van der Waals surface area contributed by atoms with E-state index in [1.807, 2.05) is 0 Å². The lowest BCUT2D eigenvalue weighted by atomic mass is 10.3. The summed E-state index contributed by atoms with van der Waals surface area (Å²) in [4.78, 5) is 0. The molecule has 0 saturated carbocycles. The zero-order valence-electron chi connectivity index (χ0n) is 8.53. The van der Waals surface area contributed by atoms with E-state index >= 15 is 0 Å². The minimum atomic E-state index is 0.651. The molecule has 1 aromatic heterocycles. The molecule has 0 bridgehead atoms. The summed E-state index contributed by atoms with van der Waals surface area (Å²) < 4.78 is 10.6. The van der Waals surface area contributed by atoms with Gasteiger partial charge in [0.2, 0.25) is 0 Å². The number of aromatic amines is 1. The van der Waals surface area contributed by atoms with E-state index in [4.69, 9.17) is 9.47 Å². The Hall–Kier alpha value is -0.940. The zero-order chi connectivity index (χ0) is 10.1. The maximum Gasteiger partial charge on any atom is 0.0847 e. The highest BCUT2D eigenvalue weighted by Crippen LogP contribution is 1.91. The van der Waals surface area contributed by atoms with E-state index < -0.39 is 0 Å². The molecule has 1 heterocycles. The fourth-order valence-corrected chi connectivity index (χ4v) is 0.989. The Kier molecular flexibility index (Phi) is 5.94.